The van der Waals surface area contributed by atoms with Crippen LogP contribution in [0.25, 0.3) is 0 Å². The molecule has 2 N–H and O–H groups in total. The summed E-state index contributed by atoms with van der Waals surface area (Å²) in [6.07, 6.45) is 7.93. The van der Waals surface area contributed by atoms with Crippen LogP contribution < -0.4 is 5.73 Å². The third-order valence-electron chi connectivity index (χ3n) is 2.53. The first kappa shape index (κ1) is 13.9. The molecule has 86 valence electrons. The van der Waals surface area contributed by atoms with Gasteiger partial charge in [0, 0.05) is 13.2 Å². The van der Waals surface area contributed by atoms with Crippen molar-refractivity contribution >= 4 is 0 Å². The quantitative estimate of drug-likeness (QED) is 0.552. The van der Waals surface area contributed by atoms with Crippen LogP contribution in [0.4, 0.5) is 0 Å². The lowest BCUT2D eigenvalue weighted by Gasteiger charge is -2.09. The van der Waals surface area contributed by atoms with Crippen molar-refractivity contribution < 1.29 is 4.74 Å². The normalized spacial score (nSPS) is 13.1. The van der Waals surface area contributed by atoms with Crippen molar-refractivity contribution in [3.05, 3.63) is 0 Å². The number of hydrogen-bond acceptors (Lipinski definition) is 2. The fraction of sp³-hybridized carbons (Fsp3) is 1.00. The monoisotopic (exact) mass is 201 g/mol. The predicted molar refractivity (Wildman–Crippen MR) is 62.4 cm³/mol. The Morgan fingerprint density at radius 2 is 1.86 bits per heavy atom. The summed E-state index contributed by atoms with van der Waals surface area (Å²) < 4.78 is 5.31. The summed E-state index contributed by atoms with van der Waals surface area (Å²) in [6.45, 7) is 6.87. The lowest BCUT2D eigenvalue weighted by atomic mass is 9.99. The van der Waals surface area contributed by atoms with Gasteiger partial charge in [0.25, 0.3) is 0 Å². The lowest BCUT2D eigenvalue weighted by Crippen LogP contribution is -2.08. The maximum absolute atomic E-state index is 5.32. The molecule has 0 spiro atoms. The molecule has 0 saturated carbocycles. The van der Waals surface area contributed by atoms with Crippen molar-refractivity contribution in [2.75, 3.05) is 19.8 Å². The SMILES string of the molecule is CCCC(C)CCCCCOCCN. The van der Waals surface area contributed by atoms with E-state index in [-0.39, 0.29) is 0 Å². The van der Waals surface area contributed by atoms with Gasteiger partial charge in [0.1, 0.15) is 0 Å². The maximum atomic E-state index is 5.32. The molecule has 0 rings (SSSR count). The molecule has 0 radical (unpaired) electrons. The van der Waals surface area contributed by atoms with E-state index in [2.05, 4.69) is 13.8 Å². The van der Waals surface area contributed by atoms with E-state index >= 15 is 0 Å². The summed E-state index contributed by atoms with van der Waals surface area (Å²) in [5.74, 6) is 0.907. The lowest BCUT2D eigenvalue weighted by molar-refractivity contribution is 0.136. The zero-order valence-electron chi connectivity index (χ0n) is 9.93. The maximum Gasteiger partial charge on any atom is 0.0588 e. The van der Waals surface area contributed by atoms with Crippen LogP contribution in [-0.4, -0.2) is 19.8 Å². The largest absolute Gasteiger partial charge is 0.380 e. The Morgan fingerprint density at radius 3 is 2.50 bits per heavy atom. The highest BCUT2D eigenvalue weighted by Gasteiger charge is 1.99. The molecule has 0 amide bonds. The van der Waals surface area contributed by atoms with Gasteiger partial charge in [-0.05, 0) is 12.3 Å². The van der Waals surface area contributed by atoms with E-state index in [9.17, 15) is 0 Å². The van der Waals surface area contributed by atoms with Gasteiger partial charge in [0.2, 0.25) is 0 Å². The highest BCUT2D eigenvalue weighted by atomic mass is 16.5. The Morgan fingerprint density at radius 1 is 1.07 bits per heavy atom. The number of unbranched alkanes of at least 4 members (excludes halogenated alkanes) is 2. The summed E-state index contributed by atoms with van der Waals surface area (Å²) in [7, 11) is 0. The van der Waals surface area contributed by atoms with Crippen molar-refractivity contribution in [3.8, 4) is 0 Å². The Bertz CT molecular complexity index is 106. The van der Waals surface area contributed by atoms with Gasteiger partial charge in [-0.1, -0.05) is 46.0 Å². The van der Waals surface area contributed by atoms with Crippen LogP contribution in [0.15, 0.2) is 0 Å². The Kier molecular flexibility index (Phi) is 10.9. The van der Waals surface area contributed by atoms with Crippen LogP contribution in [0.5, 0.6) is 0 Å². The van der Waals surface area contributed by atoms with Gasteiger partial charge in [0.05, 0.1) is 6.61 Å². The average molecular weight is 201 g/mol. The van der Waals surface area contributed by atoms with E-state index in [0.717, 1.165) is 12.5 Å². The molecule has 0 saturated heterocycles. The van der Waals surface area contributed by atoms with E-state index < -0.39 is 0 Å². The molecule has 0 heterocycles. The van der Waals surface area contributed by atoms with Gasteiger partial charge in [0.15, 0.2) is 0 Å². The minimum atomic E-state index is 0.646. The topological polar surface area (TPSA) is 35.2 Å². The third kappa shape index (κ3) is 10.0. The first-order valence-corrected chi connectivity index (χ1v) is 6.09. The molecule has 2 heteroatoms. The van der Waals surface area contributed by atoms with Gasteiger partial charge >= 0.3 is 0 Å². The van der Waals surface area contributed by atoms with Crippen molar-refractivity contribution in [1.29, 1.82) is 0 Å². The third-order valence-corrected chi connectivity index (χ3v) is 2.53. The highest BCUT2D eigenvalue weighted by molar-refractivity contribution is 4.52. The van der Waals surface area contributed by atoms with Crippen LogP contribution in [0.3, 0.4) is 0 Å². The average Bonchev–Trinajstić information content (AvgIpc) is 2.17. The standard InChI is InChI=1S/C12H27NO/c1-3-7-12(2)8-5-4-6-10-14-11-9-13/h12H,3-11,13H2,1-2H3. The molecular formula is C12H27NO. The molecule has 0 aliphatic heterocycles. The molecule has 2 nitrogen and oxygen atoms in total. The molecular weight excluding hydrogens is 174 g/mol. The van der Waals surface area contributed by atoms with E-state index in [0.29, 0.717) is 13.2 Å². The first-order valence-electron chi connectivity index (χ1n) is 6.09. The van der Waals surface area contributed by atoms with Crippen LogP contribution in [0, 0.1) is 5.92 Å². The number of ether oxygens (including phenoxy) is 1. The second kappa shape index (κ2) is 11.0. The van der Waals surface area contributed by atoms with Gasteiger partial charge in [-0.3, -0.25) is 0 Å². The molecule has 14 heavy (non-hydrogen) atoms. The molecule has 0 aromatic heterocycles. The van der Waals surface area contributed by atoms with E-state index in [1.165, 1.54) is 38.5 Å². The van der Waals surface area contributed by atoms with Crippen molar-refractivity contribution in [2.24, 2.45) is 11.7 Å². The summed E-state index contributed by atoms with van der Waals surface area (Å²) in [5.41, 5.74) is 5.32. The Labute approximate surface area is 89.2 Å². The van der Waals surface area contributed by atoms with Gasteiger partial charge in [-0.15, -0.1) is 0 Å². The summed E-state index contributed by atoms with van der Waals surface area (Å²) >= 11 is 0. The molecule has 0 bridgehead atoms. The van der Waals surface area contributed by atoms with Gasteiger partial charge in [-0.2, -0.15) is 0 Å². The van der Waals surface area contributed by atoms with E-state index in [1.807, 2.05) is 0 Å². The first-order chi connectivity index (χ1) is 6.81. The Hall–Kier alpha value is -0.0800. The molecule has 1 atom stereocenters. The van der Waals surface area contributed by atoms with Gasteiger partial charge < -0.3 is 10.5 Å². The molecule has 0 aromatic carbocycles. The minimum absolute atomic E-state index is 0.646. The second-order valence-corrected chi connectivity index (χ2v) is 4.14. The predicted octanol–water partition coefficient (Wildman–Crippen LogP) is 2.96. The van der Waals surface area contributed by atoms with Crippen molar-refractivity contribution in [3.63, 3.8) is 0 Å². The minimum Gasteiger partial charge on any atom is -0.380 e. The van der Waals surface area contributed by atoms with Crippen LogP contribution in [0.2, 0.25) is 0 Å². The molecule has 0 aliphatic carbocycles. The van der Waals surface area contributed by atoms with Crippen LogP contribution in [0.1, 0.15) is 52.4 Å². The number of nitrogens with two attached hydrogens (primary N) is 1. The number of rotatable bonds is 10. The fourth-order valence-corrected chi connectivity index (χ4v) is 1.70. The van der Waals surface area contributed by atoms with Crippen LogP contribution >= 0.6 is 0 Å². The zero-order chi connectivity index (χ0) is 10.6. The number of hydrogen-bond donors (Lipinski definition) is 1. The van der Waals surface area contributed by atoms with Crippen molar-refractivity contribution in [1.82, 2.24) is 0 Å². The van der Waals surface area contributed by atoms with Crippen molar-refractivity contribution in [2.45, 2.75) is 52.4 Å². The molecule has 1 unspecified atom stereocenters. The summed E-state index contributed by atoms with van der Waals surface area (Å²) in [6, 6.07) is 0. The van der Waals surface area contributed by atoms with Crippen LogP contribution in [-0.2, 0) is 4.74 Å². The molecule has 0 aromatic rings. The summed E-state index contributed by atoms with van der Waals surface area (Å²) in [5, 5.41) is 0. The van der Waals surface area contributed by atoms with Gasteiger partial charge in [-0.25, -0.2) is 0 Å². The van der Waals surface area contributed by atoms with E-state index in [4.69, 9.17) is 10.5 Å². The smallest absolute Gasteiger partial charge is 0.0588 e. The van der Waals surface area contributed by atoms with E-state index in [1.54, 1.807) is 0 Å². The molecule has 0 fully saturated rings. The molecule has 0 aliphatic rings. The fourth-order valence-electron chi connectivity index (χ4n) is 1.70. The highest BCUT2D eigenvalue weighted by Crippen LogP contribution is 2.14. The Balaban J connectivity index is 2.98. The zero-order valence-corrected chi connectivity index (χ0v) is 9.93. The second-order valence-electron chi connectivity index (χ2n) is 4.14. The summed E-state index contributed by atoms with van der Waals surface area (Å²) in [4.78, 5) is 0.